The van der Waals surface area contributed by atoms with E-state index >= 15 is 0 Å². The van der Waals surface area contributed by atoms with Crippen LogP contribution in [0.2, 0.25) is 0 Å². The fourth-order valence-corrected chi connectivity index (χ4v) is 2.60. The lowest BCUT2D eigenvalue weighted by atomic mass is 10.0. The Hall–Kier alpha value is -2.87. The third-order valence-corrected chi connectivity index (χ3v) is 3.78. The van der Waals surface area contributed by atoms with Gasteiger partial charge in [0.15, 0.2) is 5.58 Å². The molecule has 0 N–H and O–H groups in total. The minimum Gasteiger partial charge on any atom is -0.436 e. The zero-order valence-electron chi connectivity index (χ0n) is 12.3. The molecule has 0 aliphatic carbocycles. The van der Waals surface area contributed by atoms with Crippen LogP contribution in [0.25, 0.3) is 33.7 Å². The van der Waals surface area contributed by atoms with E-state index in [0.29, 0.717) is 5.89 Å². The van der Waals surface area contributed by atoms with E-state index in [1.807, 2.05) is 36.4 Å². The lowest BCUT2D eigenvalue weighted by molar-refractivity contribution is 0.620. The quantitative estimate of drug-likeness (QED) is 0.488. The number of aromatic nitrogens is 1. The van der Waals surface area contributed by atoms with Gasteiger partial charge in [-0.3, -0.25) is 0 Å². The van der Waals surface area contributed by atoms with E-state index in [4.69, 9.17) is 4.42 Å². The molecule has 2 nitrogen and oxygen atoms in total. The molecule has 106 valence electrons. The van der Waals surface area contributed by atoms with Crippen molar-refractivity contribution in [2.45, 2.75) is 6.92 Å². The summed E-state index contributed by atoms with van der Waals surface area (Å²) in [6.07, 6.45) is 0. The number of nitrogens with zero attached hydrogens (tertiary/aromatic N) is 1. The Bertz CT molecular complexity index is 921. The fourth-order valence-electron chi connectivity index (χ4n) is 2.60. The molecular formula is C20H15NO. The van der Waals surface area contributed by atoms with Crippen LogP contribution in [0, 0.1) is 6.92 Å². The monoisotopic (exact) mass is 285 g/mol. The number of rotatable bonds is 2. The maximum atomic E-state index is 5.84. The van der Waals surface area contributed by atoms with Gasteiger partial charge in [-0.2, -0.15) is 0 Å². The average molecular weight is 285 g/mol. The van der Waals surface area contributed by atoms with Crippen LogP contribution in [0.4, 0.5) is 0 Å². The second kappa shape index (κ2) is 5.15. The first kappa shape index (κ1) is 12.8. The molecule has 0 aliphatic heterocycles. The number of hydrogen-bond acceptors (Lipinski definition) is 2. The molecule has 2 heteroatoms. The topological polar surface area (TPSA) is 26.0 Å². The molecule has 3 aromatic carbocycles. The van der Waals surface area contributed by atoms with Crippen molar-refractivity contribution >= 4 is 11.1 Å². The number of benzene rings is 3. The standard InChI is InChI=1S/C20H15NO/c1-14-7-12-19-18(13-14)21-20(22-19)17-10-8-16(9-11-17)15-5-3-2-4-6-15/h2-13H,1H3. The van der Waals surface area contributed by atoms with Crippen LogP contribution < -0.4 is 0 Å². The molecule has 0 spiro atoms. The molecule has 0 fully saturated rings. The summed E-state index contributed by atoms with van der Waals surface area (Å²) >= 11 is 0. The van der Waals surface area contributed by atoms with E-state index in [-0.39, 0.29) is 0 Å². The van der Waals surface area contributed by atoms with Crippen LogP contribution in [0.5, 0.6) is 0 Å². The summed E-state index contributed by atoms with van der Waals surface area (Å²) in [5.41, 5.74) is 6.31. The first-order valence-electron chi connectivity index (χ1n) is 7.33. The van der Waals surface area contributed by atoms with Gasteiger partial charge >= 0.3 is 0 Å². The van der Waals surface area contributed by atoms with E-state index in [9.17, 15) is 0 Å². The predicted octanol–water partition coefficient (Wildman–Crippen LogP) is 5.47. The zero-order valence-corrected chi connectivity index (χ0v) is 12.3. The number of oxazole rings is 1. The summed E-state index contributed by atoms with van der Waals surface area (Å²) < 4.78 is 5.84. The molecule has 22 heavy (non-hydrogen) atoms. The highest BCUT2D eigenvalue weighted by molar-refractivity contribution is 5.77. The van der Waals surface area contributed by atoms with Crippen molar-refractivity contribution in [3.8, 4) is 22.6 Å². The summed E-state index contributed by atoms with van der Waals surface area (Å²) in [6.45, 7) is 2.06. The lowest BCUT2D eigenvalue weighted by Gasteiger charge is -2.02. The molecule has 0 amide bonds. The van der Waals surface area contributed by atoms with Gasteiger partial charge in [-0.15, -0.1) is 0 Å². The van der Waals surface area contributed by atoms with Gasteiger partial charge in [-0.05, 0) is 47.9 Å². The van der Waals surface area contributed by atoms with Gasteiger partial charge in [0.2, 0.25) is 5.89 Å². The highest BCUT2D eigenvalue weighted by atomic mass is 16.3. The molecule has 1 heterocycles. The maximum absolute atomic E-state index is 5.84. The van der Waals surface area contributed by atoms with Gasteiger partial charge in [-0.1, -0.05) is 48.5 Å². The Morgan fingerprint density at radius 1 is 0.727 bits per heavy atom. The smallest absolute Gasteiger partial charge is 0.227 e. The molecule has 0 saturated carbocycles. The normalized spacial score (nSPS) is 11.0. The van der Waals surface area contributed by atoms with Gasteiger partial charge in [0.1, 0.15) is 5.52 Å². The molecule has 0 bridgehead atoms. The van der Waals surface area contributed by atoms with E-state index in [1.54, 1.807) is 0 Å². The second-order valence-corrected chi connectivity index (χ2v) is 5.43. The molecule has 0 unspecified atom stereocenters. The molecule has 0 aliphatic rings. The number of hydrogen-bond donors (Lipinski definition) is 0. The minimum atomic E-state index is 0.667. The first-order valence-corrected chi connectivity index (χ1v) is 7.33. The molecule has 4 aromatic rings. The van der Waals surface area contributed by atoms with E-state index < -0.39 is 0 Å². The van der Waals surface area contributed by atoms with Crippen molar-refractivity contribution in [1.82, 2.24) is 4.98 Å². The van der Waals surface area contributed by atoms with Crippen LogP contribution in [0.1, 0.15) is 5.56 Å². The number of fused-ring (bicyclic) bond motifs is 1. The molecule has 0 saturated heterocycles. The van der Waals surface area contributed by atoms with Gasteiger partial charge in [0.05, 0.1) is 0 Å². The van der Waals surface area contributed by atoms with Crippen molar-refractivity contribution in [2.24, 2.45) is 0 Å². The van der Waals surface area contributed by atoms with Gasteiger partial charge in [0, 0.05) is 5.56 Å². The Morgan fingerprint density at radius 3 is 2.18 bits per heavy atom. The van der Waals surface area contributed by atoms with Crippen LogP contribution in [0.15, 0.2) is 77.2 Å². The predicted molar refractivity (Wildman–Crippen MR) is 89.6 cm³/mol. The van der Waals surface area contributed by atoms with Crippen molar-refractivity contribution < 1.29 is 4.42 Å². The highest BCUT2D eigenvalue weighted by Crippen LogP contribution is 2.27. The molecule has 1 aromatic heterocycles. The summed E-state index contributed by atoms with van der Waals surface area (Å²) in [5, 5.41) is 0. The first-order chi connectivity index (χ1) is 10.8. The van der Waals surface area contributed by atoms with Crippen LogP contribution in [-0.2, 0) is 0 Å². The average Bonchev–Trinajstić information content (AvgIpc) is 2.99. The van der Waals surface area contributed by atoms with Crippen molar-refractivity contribution in [1.29, 1.82) is 0 Å². The van der Waals surface area contributed by atoms with Crippen molar-refractivity contribution in [3.63, 3.8) is 0 Å². The number of aryl methyl sites for hydroxylation is 1. The molecular weight excluding hydrogens is 270 g/mol. The summed E-state index contributed by atoms with van der Waals surface area (Å²) in [7, 11) is 0. The van der Waals surface area contributed by atoms with E-state index in [2.05, 4.69) is 48.3 Å². The second-order valence-electron chi connectivity index (χ2n) is 5.43. The Kier molecular flexibility index (Phi) is 3.01. The van der Waals surface area contributed by atoms with Crippen molar-refractivity contribution in [2.75, 3.05) is 0 Å². The van der Waals surface area contributed by atoms with E-state index in [1.165, 1.54) is 16.7 Å². The van der Waals surface area contributed by atoms with Gasteiger partial charge in [0.25, 0.3) is 0 Å². The SMILES string of the molecule is Cc1ccc2oc(-c3ccc(-c4ccccc4)cc3)nc2c1. The minimum absolute atomic E-state index is 0.667. The largest absolute Gasteiger partial charge is 0.436 e. The van der Waals surface area contributed by atoms with Crippen LogP contribution in [0.3, 0.4) is 0 Å². The fraction of sp³-hybridized carbons (Fsp3) is 0.0500. The Labute approximate surface area is 129 Å². The lowest BCUT2D eigenvalue weighted by Crippen LogP contribution is -1.80. The maximum Gasteiger partial charge on any atom is 0.227 e. The van der Waals surface area contributed by atoms with Crippen molar-refractivity contribution in [3.05, 3.63) is 78.4 Å². The zero-order chi connectivity index (χ0) is 14.9. The van der Waals surface area contributed by atoms with Crippen LogP contribution in [-0.4, -0.2) is 4.98 Å². The summed E-state index contributed by atoms with van der Waals surface area (Å²) in [6, 6.07) is 24.7. The van der Waals surface area contributed by atoms with E-state index in [0.717, 1.165) is 16.7 Å². The Morgan fingerprint density at radius 2 is 1.41 bits per heavy atom. The summed E-state index contributed by atoms with van der Waals surface area (Å²) in [5.74, 6) is 0.667. The summed E-state index contributed by atoms with van der Waals surface area (Å²) in [4.78, 5) is 4.58. The third-order valence-electron chi connectivity index (χ3n) is 3.78. The van der Waals surface area contributed by atoms with Gasteiger partial charge in [-0.25, -0.2) is 4.98 Å². The highest BCUT2D eigenvalue weighted by Gasteiger charge is 2.08. The molecule has 0 radical (unpaired) electrons. The molecule has 0 atom stereocenters. The van der Waals surface area contributed by atoms with Crippen LogP contribution >= 0.6 is 0 Å². The van der Waals surface area contributed by atoms with Gasteiger partial charge < -0.3 is 4.42 Å². The molecule has 4 rings (SSSR count). The Balaban J connectivity index is 1.73. The third kappa shape index (κ3) is 2.29.